The van der Waals surface area contributed by atoms with Gasteiger partial charge in [0.25, 0.3) is 0 Å². The topological polar surface area (TPSA) is 30.5 Å². The van der Waals surface area contributed by atoms with Gasteiger partial charge in [-0.1, -0.05) is 59.6 Å². The van der Waals surface area contributed by atoms with Gasteiger partial charge in [-0.25, -0.2) is 0 Å². The second-order valence-electron chi connectivity index (χ2n) is 6.18. The van der Waals surface area contributed by atoms with Crippen molar-refractivity contribution < 1.29 is 9.47 Å². The molecular weight excluding hydrogens is 461 g/mol. The van der Waals surface area contributed by atoms with Gasteiger partial charge in [-0.15, -0.1) is 0 Å². The van der Waals surface area contributed by atoms with E-state index in [2.05, 4.69) is 21.2 Å². The smallest absolute Gasteiger partial charge is 0.175 e. The lowest BCUT2D eigenvalue weighted by molar-refractivity contribution is 0.282. The SMILES string of the molecule is COc1cc(CNCc2ccccc2Cl)cc(Br)c1OCc1ccccc1Cl. The van der Waals surface area contributed by atoms with Crippen LogP contribution in [0.4, 0.5) is 0 Å². The Morgan fingerprint density at radius 2 is 1.54 bits per heavy atom. The lowest BCUT2D eigenvalue weighted by atomic mass is 10.1. The second-order valence-corrected chi connectivity index (χ2v) is 7.85. The van der Waals surface area contributed by atoms with Crippen molar-refractivity contribution in [3.05, 3.63) is 91.9 Å². The molecule has 3 aromatic rings. The number of hydrogen-bond acceptors (Lipinski definition) is 3. The first kappa shape index (κ1) is 21.0. The van der Waals surface area contributed by atoms with E-state index in [0.29, 0.717) is 36.2 Å². The summed E-state index contributed by atoms with van der Waals surface area (Å²) in [5.74, 6) is 1.31. The average Bonchev–Trinajstić information content (AvgIpc) is 2.69. The van der Waals surface area contributed by atoms with Crippen molar-refractivity contribution in [2.75, 3.05) is 7.11 Å². The van der Waals surface area contributed by atoms with Gasteiger partial charge in [0.05, 0.1) is 11.6 Å². The van der Waals surface area contributed by atoms with Crippen molar-refractivity contribution in [3.63, 3.8) is 0 Å². The van der Waals surface area contributed by atoms with E-state index in [4.69, 9.17) is 32.7 Å². The molecule has 0 heterocycles. The molecule has 0 bridgehead atoms. The second kappa shape index (κ2) is 10.2. The van der Waals surface area contributed by atoms with Crippen LogP contribution in [0.2, 0.25) is 10.0 Å². The minimum atomic E-state index is 0.360. The molecule has 1 N–H and O–H groups in total. The highest BCUT2D eigenvalue weighted by Gasteiger charge is 2.13. The maximum atomic E-state index is 6.21. The van der Waals surface area contributed by atoms with Gasteiger partial charge in [0.15, 0.2) is 11.5 Å². The fraction of sp³-hybridized carbons (Fsp3) is 0.182. The third-order valence-electron chi connectivity index (χ3n) is 4.22. The summed E-state index contributed by atoms with van der Waals surface area (Å²) in [5, 5.41) is 4.84. The van der Waals surface area contributed by atoms with E-state index in [9.17, 15) is 0 Å². The fourth-order valence-electron chi connectivity index (χ4n) is 2.76. The minimum absolute atomic E-state index is 0.360. The summed E-state index contributed by atoms with van der Waals surface area (Å²) >= 11 is 16.0. The van der Waals surface area contributed by atoms with Gasteiger partial charge in [-0.05, 0) is 51.3 Å². The molecule has 0 amide bonds. The van der Waals surface area contributed by atoms with Crippen molar-refractivity contribution in [1.82, 2.24) is 5.32 Å². The van der Waals surface area contributed by atoms with Crippen molar-refractivity contribution >= 4 is 39.1 Å². The fourth-order valence-corrected chi connectivity index (χ4v) is 3.76. The molecule has 3 aromatic carbocycles. The zero-order valence-corrected chi connectivity index (χ0v) is 18.4. The first-order valence-electron chi connectivity index (χ1n) is 8.75. The molecule has 3 rings (SSSR count). The van der Waals surface area contributed by atoms with E-state index in [-0.39, 0.29) is 0 Å². The Labute approximate surface area is 183 Å². The lowest BCUT2D eigenvalue weighted by Gasteiger charge is -2.15. The van der Waals surface area contributed by atoms with Gasteiger partial charge in [0, 0.05) is 28.7 Å². The lowest BCUT2D eigenvalue weighted by Crippen LogP contribution is -2.13. The van der Waals surface area contributed by atoms with E-state index >= 15 is 0 Å². The Balaban J connectivity index is 1.67. The van der Waals surface area contributed by atoms with E-state index < -0.39 is 0 Å². The zero-order valence-electron chi connectivity index (χ0n) is 15.3. The Bertz CT molecular complexity index is 950. The Hall–Kier alpha value is -1.72. The van der Waals surface area contributed by atoms with Gasteiger partial charge in [0.1, 0.15) is 6.61 Å². The molecule has 0 saturated carbocycles. The highest BCUT2D eigenvalue weighted by atomic mass is 79.9. The molecule has 6 heteroatoms. The van der Waals surface area contributed by atoms with Crippen molar-refractivity contribution in [1.29, 1.82) is 0 Å². The predicted molar refractivity (Wildman–Crippen MR) is 118 cm³/mol. The van der Waals surface area contributed by atoms with Crippen LogP contribution in [0.1, 0.15) is 16.7 Å². The summed E-state index contributed by atoms with van der Waals surface area (Å²) in [5.41, 5.74) is 3.05. The summed E-state index contributed by atoms with van der Waals surface area (Å²) < 4.78 is 12.3. The van der Waals surface area contributed by atoms with Crippen LogP contribution >= 0.6 is 39.1 Å². The maximum absolute atomic E-state index is 6.21. The van der Waals surface area contributed by atoms with Crippen LogP contribution in [0.25, 0.3) is 0 Å². The van der Waals surface area contributed by atoms with Crippen LogP contribution in [-0.4, -0.2) is 7.11 Å². The minimum Gasteiger partial charge on any atom is -0.493 e. The molecule has 0 fully saturated rings. The number of halogens is 3. The molecule has 0 aliphatic carbocycles. The molecule has 0 radical (unpaired) electrons. The molecule has 0 aliphatic rings. The first-order chi connectivity index (χ1) is 13.6. The van der Waals surface area contributed by atoms with E-state index in [1.165, 1.54) is 0 Å². The third kappa shape index (κ3) is 5.42. The number of ether oxygens (including phenoxy) is 2. The molecule has 0 aromatic heterocycles. The number of methoxy groups -OCH3 is 1. The average molecular weight is 481 g/mol. The van der Waals surface area contributed by atoms with E-state index in [1.54, 1.807) is 7.11 Å². The van der Waals surface area contributed by atoms with Crippen LogP contribution < -0.4 is 14.8 Å². The molecule has 28 heavy (non-hydrogen) atoms. The van der Waals surface area contributed by atoms with Crippen LogP contribution in [0.15, 0.2) is 65.1 Å². The molecule has 0 saturated heterocycles. The van der Waals surface area contributed by atoms with Gasteiger partial charge in [-0.3, -0.25) is 0 Å². The molecule has 0 aliphatic heterocycles. The molecule has 0 spiro atoms. The summed E-state index contributed by atoms with van der Waals surface area (Å²) in [6, 6.07) is 19.4. The van der Waals surface area contributed by atoms with Crippen LogP contribution in [0.3, 0.4) is 0 Å². The summed E-state index contributed by atoms with van der Waals surface area (Å²) in [7, 11) is 1.63. The standard InChI is InChI=1S/C22H20BrCl2NO2/c1-27-21-11-15(12-26-13-16-6-2-4-8-19(16)24)10-18(23)22(21)28-14-17-7-3-5-9-20(17)25/h2-11,26H,12-14H2,1H3. The van der Waals surface area contributed by atoms with Crippen LogP contribution in [-0.2, 0) is 19.7 Å². The number of nitrogens with one attached hydrogen (secondary N) is 1. The highest BCUT2D eigenvalue weighted by Crippen LogP contribution is 2.37. The van der Waals surface area contributed by atoms with Crippen LogP contribution in [0, 0.1) is 0 Å². The van der Waals surface area contributed by atoms with Crippen LogP contribution in [0.5, 0.6) is 11.5 Å². The normalized spacial score (nSPS) is 10.7. The van der Waals surface area contributed by atoms with Crippen molar-refractivity contribution in [2.45, 2.75) is 19.7 Å². The van der Waals surface area contributed by atoms with Crippen molar-refractivity contribution in [3.8, 4) is 11.5 Å². The summed E-state index contributed by atoms with van der Waals surface area (Å²) in [6.45, 7) is 1.72. The van der Waals surface area contributed by atoms with Gasteiger partial charge in [0.2, 0.25) is 0 Å². The maximum Gasteiger partial charge on any atom is 0.175 e. The first-order valence-corrected chi connectivity index (χ1v) is 10.3. The quantitative estimate of drug-likeness (QED) is 0.392. The molecule has 0 atom stereocenters. The Kier molecular flexibility index (Phi) is 7.63. The molecular formula is C22H20BrCl2NO2. The van der Waals surface area contributed by atoms with Crippen molar-refractivity contribution in [2.24, 2.45) is 0 Å². The number of rotatable bonds is 8. The Morgan fingerprint density at radius 3 is 2.18 bits per heavy atom. The van der Waals surface area contributed by atoms with E-state index in [1.807, 2.05) is 60.7 Å². The molecule has 146 valence electrons. The van der Waals surface area contributed by atoms with Gasteiger partial charge >= 0.3 is 0 Å². The van der Waals surface area contributed by atoms with Gasteiger partial charge in [-0.2, -0.15) is 0 Å². The van der Waals surface area contributed by atoms with Gasteiger partial charge < -0.3 is 14.8 Å². The molecule has 3 nitrogen and oxygen atoms in total. The highest BCUT2D eigenvalue weighted by molar-refractivity contribution is 9.10. The third-order valence-corrected chi connectivity index (χ3v) is 5.55. The molecule has 0 unspecified atom stereocenters. The summed E-state index contributed by atoms with van der Waals surface area (Å²) in [4.78, 5) is 0. The number of benzene rings is 3. The number of hydrogen-bond donors (Lipinski definition) is 1. The zero-order chi connectivity index (χ0) is 19.9. The Morgan fingerprint density at radius 1 is 0.893 bits per heavy atom. The summed E-state index contributed by atoms with van der Waals surface area (Å²) in [6.07, 6.45) is 0. The monoisotopic (exact) mass is 479 g/mol. The largest absolute Gasteiger partial charge is 0.493 e. The predicted octanol–water partition coefficient (Wildman–Crippen LogP) is 6.63. The van der Waals surface area contributed by atoms with E-state index in [0.717, 1.165) is 26.2 Å².